The molecule has 2 saturated heterocycles. The molecule has 3 aliphatic rings. The average molecular weight is 254 g/mol. The number of piperidine rings is 1. The molecule has 0 aromatic heterocycles. The zero-order valence-electron chi connectivity index (χ0n) is 10.4. The van der Waals surface area contributed by atoms with Crippen LogP contribution in [0, 0.1) is 5.92 Å². The Hall–Kier alpha value is -0.220. The molecule has 0 spiro atoms. The first-order valence-corrected chi connectivity index (χ1v) is 8.12. The lowest BCUT2D eigenvalue weighted by atomic mass is 9.95. The lowest BCUT2D eigenvalue weighted by Gasteiger charge is -2.33. The van der Waals surface area contributed by atoms with Crippen LogP contribution in [-0.4, -0.2) is 47.5 Å². The normalized spacial score (nSPS) is 30.5. The van der Waals surface area contributed by atoms with Crippen LogP contribution in [0.1, 0.15) is 32.1 Å². The monoisotopic (exact) mass is 254 g/mol. The minimum Gasteiger partial charge on any atom is -0.336 e. The lowest BCUT2D eigenvalue weighted by Crippen LogP contribution is -2.47. The molecule has 3 rings (SSSR count). The Morgan fingerprint density at radius 3 is 2.41 bits per heavy atom. The van der Waals surface area contributed by atoms with E-state index in [1.54, 1.807) is 0 Å². The number of carbonyl (C=O) groups excluding carboxylic acids is 1. The van der Waals surface area contributed by atoms with Gasteiger partial charge in [0.05, 0.1) is 0 Å². The minimum atomic E-state index is 0.308. The Kier molecular flexibility index (Phi) is 3.61. The second kappa shape index (κ2) is 5.19. The number of hydrogen-bond acceptors (Lipinski definition) is 3. The van der Waals surface area contributed by atoms with E-state index in [1.807, 2.05) is 11.8 Å². The van der Waals surface area contributed by atoms with Crippen molar-refractivity contribution < 1.29 is 4.79 Å². The van der Waals surface area contributed by atoms with Crippen molar-refractivity contribution in [3.63, 3.8) is 0 Å². The minimum absolute atomic E-state index is 0.308. The second-order valence-corrected chi connectivity index (χ2v) is 6.67. The molecule has 1 saturated carbocycles. The van der Waals surface area contributed by atoms with Crippen LogP contribution in [0.4, 0.5) is 0 Å². The van der Waals surface area contributed by atoms with Crippen LogP contribution in [-0.2, 0) is 4.79 Å². The second-order valence-electron chi connectivity index (χ2n) is 5.52. The van der Waals surface area contributed by atoms with Gasteiger partial charge in [0.1, 0.15) is 0 Å². The highest BCUT2D eigenvalue weighted by atomic mass is 32.2. The summed E-state index contributed by atoms with van der Waals surface area (Å²) >= 11 is 2.01. The molecule has 0 aromatic carbocycles. The number of nitrogens with zero attached hydrogens (tertiary/aromatic N) is 1. The third-order valence-corrected chi connectivity index (χ3v) is 5.33. The molecule has 2 heterocycles. The van der Waals surface area contributed by atoms with E-state index in [2.05, 4.69) is 10.2 Å². The highest BCUT2D eigenvalue weighted by molar-refractivity contribution is 7.99. The fourth-order valence-electron chi connectivity index (χ4n) is 3.03. The van der Waals surface area contributed by atoms with Crippen LogP contribution < -0.4 is 5.32 Å². The summed E-state index contributed by atoms with van der Waals surface area (Å²) < 4.78 is 0. The Labute approximate surface area is 108 Å². The van der Waals surface area contributed by atoms with Gasteiger partial charge in [-0.1, -0.05) is 0 Å². The van der Waals surface area contributed by atoms with Gasteiger partial charge in [0.15, 0.2) is 0 Å². The molecule has 1 amide bonds. The maximum atomic E-state index is 12.7. The quantitative estimate of drug-likeness (QED) is 0.828. The largest absolute Gasteiger partial charge is 0.336 e. The zero-order valence-corrected chi connectivity index (χ0v) is 11.2. The number of rotatable bonds is 3. The maximum Gasteiger partial charge on any atom is 0.226 e. The first-order valence-electron chi connectivity index (χ1n) is 6.97. The van der Waals surface area contributed by atoms with Crippen molar-refractivity contribution in [2.45, 2.75) is 44.2 Å². The topological polar surface area (TPSA) is 32.3 Å². The van der Waals surface area contributed by atoms with E-state index in [9.17, 15) is 4.79 Å². The van der Waals surface area contributed by atoms with Crippen molar-refractivity contribution in [3.8, 4) is 0 Å². The first kappa shape index (κ1) is 11.8. The molecule has 1 atom stereocenters. The van der Waals surface area contributed by atoms with Gasteiger partial charge in [-0.05, 0) is 50.9 Å². The van der Waals surface area contributed by atoms with Gasteiger partial charge in [0.2, 0.25) is 5.91 Å². The summed E-state index contributed by atoms with van der Waals surface area (Å²) in [5.41, 5.74) is 0. The van der Waals surface area contributed by atoms with Crippen LogP contribution in [0.15, 0.2) is 0 Å². The molecule has 96 valence electrons. The fraction of sp³-hybridized carbons (Fsp3) is 0.923. The number of amides is 1. The van der Waals surface area contributed by atoms with Gasteiger partial charge >= 0.3 is 0 Å². The number of carbonyl (C=O) groups is 1. The molecular weight excluding hydrogens is 232 g/mol. The molecule has 1 unspecified atom stereocenters. The standard InChI is InChI=1S/C13H22N2OS/c16-13(10-3-6-14-7-4-10)15(11-1-2-11)12-5-8-17-9-12/h10-12,14H,1-9H2. The molecule has 2 aliphatic heterocycles. The molecular formula is C13H22N2OS. The van der Waals surface area contributed by atoms with E-state index < -0.39 is 0 Å². The lowest BCUT2D eigenvalue weighted by molar-refractivity contribution is -0.139. The van der Waals surface area contributed by atoms with Crippen LogP contribution in [0.3, 0.4) is 0 Å². The van der Waals surface area contributed by atoms with Crippen LogP contribution >= 0.6 is 11.8 Å². The number of hydrogen-bond donors (Lipinski definition) is 1. The predicted molar refractivity (Wildman–Crippen MR) is 71.2 cm³/mol. The summed E-state index contributed by atoms with van der Waals surface area (Å²) in [7, 11) is 0. The molecule has 3 fully saturated rings. The molecule has 0 aromatic rings. The smallest absolute Gasteiger partial charge is 0.226 e. The van der Waals surface area contributed by atoms with Crippen molar-refractivity contribution in [2.24, 2.45) is 5.92 Å². The fourth-order valence-corrected chi connectivity index (χ4v) is 4.24. The van der Waals surface area contributed by atoms with Gasteiger partial charge in [-0.3, -0.25) is 4.79 Å². The van der Waals surface area contributed by atoms with E-state index in [1.165, 1.54) is 30.8 Å². The van der Waals surface area contributed by atoms with Crippen LogP contribution in [0.2, 0.25) is 0 Å². The molecule has 17 heavy (non-hydrogen) atoms. The first-order chi connectivity index (χ1) is 8.36. The molecule has 0 bridgehead atoms. The highest BCUT2D eigenvalue weighted by Gasteiger charge is 2.40. The molecule has 0 radical (unpaired) electrons. The van der Waals surface area contributed by atoms with Gasteiger partial charge < -0.3 is 10.2 Å². The SMILES string of the molecule is O=C(C1CCNCC1)N(C1CC1)C1CCSC1. The third-order valence-electron chi connectivity index (χ3n) is 4.18. The Balaban J connectivity index is 1.66. The van der Waals surface area contributed by atoms with Crippen molar-refractivity contribution in [1.82, 2.24) is 10.2 Å². The average Bonchev–Trinajstić information content (AvgIpc) is 3.05. The Morgan fingerprint density at radius 2 is 1.82 bits per heavy atom. The summed E-state index contributed by atoms with van der Waals surface area (Å²) in [6.45, 7) is 2.04. The van der Waals surface area contributed by atoms with Gasteiger partial charge in [0.25, 0.3) is 0 Å². The summed E-state index contributed by atoms with van der Waals surface area (Å²) in [4.78, 5) is 14.9. The summed E-state index contributed by atoms with van der Waals surface area (Å²) in [5.74, 6) is 3.20. The van der Waals surface area contributed by atoms with Gasteiger partial charge in [-0.2, -0.15) is 11.8 Å². The Morgan fingerprint density at radius 1 is 1.06 bits per heavy atom. The van der Waals surface area contributed by atoms with Gasteiger partial charge in [-0.15, -0.1) is 0 Å². The van der Waals surface area contributed by atoms with Gasteiger partial charge in [0, 0.05) is 23.8 Å². The van der Waals surface area contributed by atoms with Crippen molar-refractivity contribution in [3.05, 3.63) is 0 Å². The van der Waals surface area contributed by atoms with Crippen molar-refractivity contribution >= 4 is 17.7 Å². The van der Waals surface area contributed by atoms with E-state index >= 15 is 0 Å². The van der Waals surface area contributed by atoms with Crippen molar-refractivity contribution in [2.75, 3.05) is 24.6 Å². The summed E-state index contributed by atoms with van der Waals surface area (Å²) in [5, 5.41) is 3.35. The van der Waals surface area contributed by atoms with Crippen molar-refractivity contribution in [1.29, 1.82) is 0 Å². The maximum absolute atomic E-state index is 12.7. The van der Waals surface area contributed by atoms with Crippen LogP contribution in [0.5, 0.6) is 0 Å². The Bertz CT molecular complexity index is 281. The van der Waals surface area contributed by atoms with E-state index in [-0.39, 0.29) is 0 Å². The highest BCUT2D eigenvalue weighted by Crippen LogP contribution is 2.35. The molecule has 4 heteroatoms. The molecule has 1 N–H and O–H groups in total. The summed E-state index contributed by atoms with van der Waals surface area (Å²) in [6.07, 6.45) is 5.80. The molecule has 1 aliphatic carbocycles. The molecule has 3 nitrogen and oxygen atoms in total. The van der Waals surface area contributed by atoms with E-state index in [0.29, 0.717) is 23.9 Å². The van der Waals surface area contributed by atoms with E-state index in [0.717, 1.165) is 25.9 Å². The zero-order chi connectivity index (χ0) is 11.7. The van der Waals surface area contributed by atoms with Gasteiger partial charge in [-0.25, -0.2) is 0 Å². The predicted octanol–water partition coefficient (Wildman–Crippen LogP) is 1.48. The summed E-state index contributed by atoms with van der Waals surface area (Å²) in [6, 6.07) is 1.15. The van der Waals surface area contributed by atoms with Crippen LogP contribution in [0.25, 0.3) is 0 Å². The number of nitrogens with one attached hydrogen (secondary N) is 1. The number of thioether (sulfide) groups is 1. The third kappa shape index (κ3) is 2.63. The van der Waals surface area contributed by atoms with E-state index in [4.69, 9.17) is 0 Å².